The molecule has 0 spiro atoms. The van der Waals surface area contributed by atoms with Gasteiger partial charge in [-0.05, 0) is 6.42 Å². The third kappa shape index (κ3) is 9.94. The van der Waals surface area contributed by atoms with Crippen LogP contribution in [0.5, 0.6) is 0 Å². The van der Waals surface area contributed by atoms with Crippen LogP contribution in [0.4, 0.5) is 0 Å². The second kappa shape index (κ2) is 7.81. The van der Waals surface area contributed by atoms with Gasteiger partial charge in [0.15, 0.2) is 8.03 Å². The standard InChI is InChI=1S/C4H11O2P.Zn/c1-3-4-6-7(2)5;/h7H,3-4H2,1-2H3;. The molecule has 0 rings (SSSR count). The molecule has 0 saturated heterocycles. The van der Waals surface area contributed by atoms with Crippen molar-refractivity contribution in [3.8, 4) is 0 Å². The van der Waals surface area contributed by atoms with Gasteiger partial charge >= 0.3 is 0 Å². The molecule has 0 N–H and O–H groups in total. The second-order valence-corrected chi connectivity index (χ2v) is 2.61. The molecule has 1 atom stereocenters. The Hall–Kier alpha value is 0.813. The fourth-order valence-electron chi connectivity index (χ4n) is 0.246. The van der Waals surface area contributed by atoms with E-state index in [9.17, 15) is 4.57 Å². The van der Waals surface area contributed by atoms with E-state index in [1.54, 1.807) is 6.66 Å². The molecule has 0 fully saturated rings. The summed E-state index contributed by atoms with van der Waals surface area (Å²) >= 11 is 0. The van der Waals surface area contributed by atoms with Gasteiger partial charge in [-0.1, -0.05) is 6.92 Å². The topological polar surface area (TPSA) is 26.3 Å². The fourth-order valence-corrected chi connectivity index (χ4v) is 0.737. The van der Waals surface area contributed by atoms with Gasteiger partial charge in [0.1, 0.15) is 0 Å². The Bertz CT molecular complexity index is 67.1. The molecule has 0 amide bonds. The van der Waals surface area contributed by atoms with Crippen molar-refractivity contribution < 1.29 is 28.6 Å². The Labute approximate surface area is 63.6 Å². The Morgan fingerprint density at radius 1 is 1.62 bits per heavy atom. The van der Waals surface area contributed by atoms with Gasteiger partial charge < -0.3 is 4.52 Å². The minimum atomic E-state index is -1.65. The first-order chi connectivity index (χ1) is 3.27. The molecule has 0 saturated carbocycles. The van der Waals surface area contributed by atoms with Crippen LogP contribution >= 0.6 is 8.03 Å². The summed E-state index contributed by atoms with van der Waals surface area (Å²) in [6.45, 7) is 4.22. The smallest absolute Gasteiger partial charge is 0.188 e. The van der Waals surface area contributed by atoms with E-state index in [1.807, 2.05) is 6.92 Å². The Balaban J connectivity index is 0. The summed E-state index contributed by atoms with van der Waals surface area (Å²) in [5.41, 5.74) is 0. The van der Waals surface area contributed by atoms with Crippen LogP contribution < -0.4 is 0 Å². The van der Waals surface area contributed by atoms with E-state index >= 15 is 0 Å². The van der Waals surface area contributed by atoms with Crippen LogP contribution in [0.1, 0.15) is 13.3 Å². The van der Waals surface area contributed by atoms with Crippen LogP contribution in [-0.2, 0) is 28.6 Å². The van der Waals surface area contributed by atoms with Crippen molar-refractivity contribution >= 4 is 8.03 Å². The van der Waals surface area contributed by atoms with Gasteiger partial charge in [0, 0.05) is 26.1 Å². The predicted molar refractivity (Wildman–Crippen MR) is 31.2 cm³/mol. The first-order valence-corrected chi connectivity index (χ1v) is 4.22. The molecule has 4 heteroatoms. The molecule has 0 aliphatic rings. The number of hydrogen-bond donors (Lipinski definition) is 0. The summed E-state index contributed by atoms with van der Waals surface area (Å²) in [6.07, 6.45) is 0.949. The van der Waals surface area contributed by atoms with E-state index in [4.69, 9.17) is 4.52 Å². The van der Waals surface area contributed by atoms with E-state index in [0.717, 1.165) is 6.42 Å². The maximum Gasteiger partial charge on any atom is 0.188 e. The quantitative estimate of drug-likeness (QED) is 0.495. The third-order valence-electron chi connectivity index (χ3n) is 0.509. The molecule has 0 bridgehead atoms. The minimum Gasteiger partial charge on any atom is -0.331 e. The zero-order chi connectivity index (χ0) is 5.70. The molecular weight excluding hydrogens is 176 g/mol. The average Bonchev–Trinajstić information content (AvgIpc) is 1.61. The summed E-state index contributed by atoms with van der Waals surface area (Å²) in [4.78, 5) is 0. The van der Waals surface area contributed by atoms with Crippen LogP contribution in [0.25, 0.3) is 0 Å². The summed E-state index contributed by atoms with van der Waals surface area (Å²) < 4.78 is 14.9. The molecule has 1 unspecified atom stereocenters. The molecule has 0 aromatic heterocycles. The molecular formula is C4H11O2PZn. The molecule has 0 aromatic rings. The summed E-state index contributed by atoms with van der Waals surface area (Å²) in [6, 6.07) is 0. The molecule has 0 radical (unpaired) electrons. The maximum absolute atomic E-state index is 10.2. The van der Waals surface area contributed by atoms with Crippen LogP contribution in [-0.4, -0.2) is 13.3 Å². The maximum atomic E-state index is 10.2. The first kappa shape index (κ1) is 11.6. The van der Waals surface area contributed by atoms with Gasteiger partial charge in [-0.2, -0.15) is 0 Å². The van der Waals surface area contributed by atoms with Gasteiger partial charge in [-0.25, -0.2) is 0 Å². The van der Waals surface area contributed by atoms with E-state index in [-0.39, 0.29) is 19.5 Å². The normalized spacial score (nSPS) is 12.2. The van der Waals surface area contributed by atoms with Crippen molar-refractivity contribution in [2.45, 2.75) is 13.3 Å². The molecule has 8 heavy (non-hydrogen) atoms. The average molecular weight is 187 g/mol. The summed E-state index contributed by atoms with van der Waals surface area (Å²) in [5.74, 6) is 0. The van der Waals surface area contributed by atoms with Gasteiger partial charge in [0.05, 0.1) is 6.61 Å². The second-order valence-electron chi connectivity index (χ2n) is 1.34. The van der Waals surface area contributed by atoms with Crippen molar-refractivity contribution in [3.63, 3.8) is 0 Å². The molecule has 46 valence electrons. The van der Waals surface area contributed by atoms with Crippen molar-refractivity contribution in [2.24, 2.45) is 0 Å². The third-order valence-corrected chi connectivity index (χ3v) is 1.12. The zero-order valence-electron chi connectivity index (χ0n) is 5.44. The summed E-state index contributed by atoms with van der Waals surface area (Å²) in [5, 5.41) is 0. The molecule has 2 nitrogen and oxygen atoms in total. The molecule has 0 aromatic carbocycles. The minimum absolute atomic E-state index is 0. The van der Waals surface area contributed by atoms with Crippen LogP contribution in [0.2, 0.25) is 0 Å². The van der Waals surface area contributed by atoms with E-state index in [2.05, 4.69) is 0 Å². The Morgan fingerprint density at radius 2 is 2.12 bits per heavy atom. The van der Waals surface area contributed by atoms with Crippen molar-refractivity contribution in [3.05, 3.63) is 0 Å². The molecule has 0 aliphatic heterocycles. The molecule has 0 aliphatic carbocycles. The number of hydrogen-bond acceptors (Lipinski definition) is 2. The van der Waals surface area contributed by atoms with Crippen molar-refractivity contribution in [1.82, 2.24) is 0 Å². The number of rotatable bonds is 3. The van der Waals surface area contributed by atoms with E-state index < -0.39 is 8.03 Å². The SMILES string of the molecule is CCCO[PH](C)=O.[Zn]. The molecule has 0 heterocycles. The van der Waals surface area contributed by atoms with E-state index in [0.29, 0.717) is 6.61 Å². The zero-order valence-corrected chi connectivity index (χ0v) is 9.40. The fraction of sp³-hybridized carbons (Fsp3) is 1.00. The summed E-state index contributed by atoms with van der Waals surface area (Å²) in [7, 11) is -1.65. The van der Waals surface area contributed by atoms with Crippen LogP contribution in [0.15, 0.2) is 0 Å². The van der Waals surface area contributed by atoms with Crippen LogP contribution in [0, 0.1) is 0 Å². The predicted octanol–water partition coefficient (Wildman–Crippen LogP) is 1.51. The van der Waals surface area contributed by atoms with Crippen molar-refractivity contribution in [2.75, 3.05) is 13.3 Å². The monoisotopic (exact) mass is 186 g/mol. The van der Waals surface area contributed by atoms with Gasteiger partial charge in [-0.15, -0.1) is 0 Å². The van der Waals surface area contributed by atoms with Crippen LogP contribution in [0.3, 0.4) is 0 Å². The van der Waals surface area contributed by atoms with Gasteiger partial charge in [0.25, 0.3) is 0 Å². The largest absolute Gasteiger partial charge is 0.331 e. The Kier molecular flexibility index (Phi) is 11.3. The Morgan fingerprint density at radius 3 is 2.25 bits per heavy atom. The van der Waals surface area contributed by atoms with Crippen molar-refractivity contribution in [1.29, 1.82) is 0 Å². The first-order valence-electron chi connectivity index (χ1n) is 2.40. The van der Waals surface area contributed by atoms with Gasteiger partial charge in [0.2, 0.25) is 0 Å². The van der Waals surface area contributed by atoms with E-state index in [1.165, 1.54) is 0 Å². The van der Waals surface area contributed by atoms with Gasteiger partial charge in [-0.3, -0.25) is 4.57 Å².